The molecule has 4 rings (SSSR count). The molecule has 2 fully saturated rings. The summed E-state index contributed by atoms with van der Waals surface area (Å²) in [6, 6.07) is 5.31. The summed E-state index contributed by atoms with van der Waals surface area (Å²) in [5.74, 6) is 1.15. The van der Waals surface area contributed by atoms with E-state index in [0.717, 1.165) is 19.4 Å². The van der Waals surface area contributed by atoms with E-state index in [1.807, 2.05) is 4.90 Å². The molecule has 8 nitrogen and oxygen atoms in total. The number of hydrogen-bond acceptors (Lipinski definition) is 5. The molecule has 2 amide bonds. The maximum atomic E-state index is 12.2. The van der Waals surface area contributed by atoms with E-state index in [-0.39, 0.29) is 31.5 Å². The number of carboxylic acids is 1. The molecule has 1 aromatic rings. The summed E-state index contributed by atoms with van der Waals surface area (Å²) in [5, 5.41) is 14.8. The van der Waals surface area contributed by atoms with E-state index in [4.69, 9.17) is 14.6 Å². The number of aliphatic carboxylic acids is 1. The van der Waals surface area contributed by atoms with E-state index in [9.17, 15) is 9.59 Å². The number of rotatable bonds is 7. The molecule has 0 aromatic heterocycles. The van der Waals surface area contributed by atoms with Gasteiger partial charge >= 0.3 is 12.0 Å². The number of hydrogen-bond donors (Lipinski definition) is 3. The van der Waals surface area contributed by atoms with E-state index in [2.05, 4.69) is 10.6 Å². The molecule has 26 heavy (non-hydrogen) atoms. The number of nitrogens with zero attached hydrogens (tertiary/aromatic N) is 1. The first kappa shape index (κ1) is 17.0. The zero-order chi connectivity index (χ0) is 18.1. The average Bonchev–Trinajstić information content (AvgIpc) is 3.23. The smallest absolute Gasteiger partial charge is 0.319 e. The van der Waals surface area contributed by atoms with Crippen molar-refractivity contribution in [1.82, 2.24) is 10.2 Å². The first-order valence-corrected chi connectivity index (χ1v) is 9.00. The van der Waals surface area contributed by atoms with Crippen LogP contribution in [0.4, 0.5) is 10.5 Å². The minimum absolute atomic E-state index is 0.0736. The van der Waals surface area contributed by atoms with Gasteiger partial charge in [0.15, 0.2) is 11.5 Å². The predicted molar refractivity (Wildman–Crippen MR) is 93.5 cm³/mol. The van der Waals surface area contributed by atoms with E-state index in [1.54, 1.807) is 18.2 Å². The van der Waals surface area contributed by atoms with Gasteiger partial charge in [0.25, 0.3) is 0 Å². The number of carboxylic acid groups (broad SMARTS) is 1. The molecule has 1 aromatic carbocycles. The highest BCUT2D eigenvalue weighted by molar-refractivity contribution is 5.90. The number of urea groups is 1. The summed E-state index contributed by atoms with van der Waals surface area (Å²) < 4.78 is 10.5. The highest BCUT2D eigenvalue weighted by atomic mass is 16.7. The molecule has 0 saturated heterocycles. The number of benzene rings is 1. The lowest BCUT2D eigenvalue weighted by Crippen LogP contribution is -2.55. The maximum absolute atomic E-state index is 12.2. The van der Waals surface area contributed by atoms with Crippen LogP contribution in [0.3, 0.4) is 0 Å². The summed E-state index contributed by atoms with van der Waals surface area (Å²) >= 11 is 0. The second kappa shape index (κ2) is 7.03. The van der Waals surface area contributed by atoms with E-state index >= 15 is 0 Å². The minimum atomic E-state index is -0.789. The molecule has 2 aliphatic carbocycles. The van der Waals surface area contributed by atoms with Gasteiger partial charge in [-0.15, -0.1) is 0 Å². The zero-order valence-corrected chi connectivity index (χ0v) is 14.4. The molecule has 1 heterocycles. The monoisotopic (exact) mass is 361 g/mol. The quantitative estimate of drug-likeness (QED) is 0.685. The second-order valence-electron chi connectivity index (χ2n) is 7.26. The largest absolute Gasteiger partial charge is 0.480 e. The molecule has 3 aliphatic rings. The predicted octanol–water partition coefficient (Wildman–Crippen LogP) is 1.86. The van der Waals surface area contributed by atoms with Gasteiger partial charge in [0.2, 0.25) is 6.79 Å². The number of nitrogens with one attached hydrogen (secondary N) is 2. The van der Waals surface area contributed by atoms with Crippen LogP contribution in [0.15, 0.2) is 18.2 Å². The number of carbonyl (C=O) groups is 2. The highest BCUT2D eigenvalue weighted by Gasteiger charge is 2.37. The fourth-order valence-electron chi connectivity index (χ4n) is 3.48. The zero-order valence-electron chi connectivity index (χ0n) is 14.4. The van der Waals surface area contributed by atoms with Crippen LogP contribution in [0.5, 0.6) is 11.5 Å². The Balaban J connectivity index is 1.24. The molecule has 3 N–H and O–H groups in total. The van der Waals surface area contributed by atoms with Gasteiger partial charge in [-0.25, -0.2) is 4.79 Å². The molecule has 2 saturated carbocycles. The van der Waals surface area contributed by atoms with Crippen LogP contribution in [0, 0.1) is 5.92 Å². The standard InChI is InChI=1S/C18H23N3O5/c22-17(23)9-21(8-11-1-2-11)14-5-13(6-14)20-18(24)19-12-3-4-15-16(7-12)26-10-25-15/h3-4,7,11,13-14H,1-2,5-6,8-10H2,(H,22,23)(H2,19,20,24). The Kier molecular flexibility index (Phi) is 4.58. The Hall–Kier alpha value is -2.48. The Labute approximate surface area is 151 Å². The maximum Gasteiger partial charge on any atom is 0.319 e. The van der Waals surface area contributed by atoms with E-state index < -0.39 is 5.97 Å². The molecule has 8 heteroatoms. The average molecular weight is 361 g/mol. The summed E-state index contributed by atoms with van der Waals surface area (Å²) in [5.41, 5.74) is 0.642. The molecule has 0 unspecified atom stereocenters. The molecular formula is C18H23N3O5. The third kappa shape index (κ3) is 4.01. The van der Waals surface area contributed by atoms with Crippen LogP contribution in [0.25, 0.3) is 0 Å². The van der Waals surface area contributed by atoms with Crippen molar-refractivity contribution in [1.29, 1.82) is 0 Å². The van der Waals surface area contributed by atoms with Crippen LogP contribution in [-0.4, -0.2) is 54.0 Å². The van der Waals surface area contributed by atoms with Crippen LogP contribution in [0.1, 0.15) is 25.7 Å². The molecule has 0 radical (unpaired) electrons. The van der Waals surface area contributed by atoms with Gasteiger partial charge < -0.3 is 25.2 Å². The molecule has 0 spiro atoms. The number of amides is 2. The lowest BCUT2D eigenvalue weighted by atomic mass is 9.85. The van der Waals surface area contributed by atoms with Gasteiger partial charge in [-0.2, -0.15) is 0 Å². The second-order valence-corrected chi connectivity index (χ2v) is 7.26. The first-order chi connectivity index (χ1) is 12.6. The van der Waals surface area contributed by atoms with Crippen LogP contribution in [-0.2, 0) is 4.79 Å². The molecule has 0 bridgehead atoms. The van der Waals surface area contributed by atoms with Crippen molar-refractivity contribution < 1.29 is 24.2 Å². The van der Waals surface area contributed by atoms with Gasteiger partial charge in [0.05, 0.1) is 6.54 Å². The molecular weight excluding hydrogens is 338 g/mol. The van der Waals surface area contributed by atoms with Crippen LogP contribution < -0.4 is 20.1 Å². The SMILES string of the molecule is O=C(O)CN(CC1CC1)C1CC(NC(=O)Nc2ccc3c(c2)OCO3)C1. The van der Waals surface area contributed by atoms with Gasteiger partial charge in [-0.3, -0.25) is 9.69 Å². The van der Waals surface area contributed by atoms with E-state index in [1.165, 1.54) is 12.8 Å². The van der Waals surface area contributed by atoms with Gasteiger partial charge in [0.1, 0.15) is 0 Å². The van der Waals surface area contributed by atoms with Crippen LogP contribution >= 0.6 is 0 Å². The normalized spacial score (nSPS) is 23.4. The summed E-state index contributed by atoms with van der Waals surface area (Å²) in [6.07, 6.45) is 3.97. The first-order valence-electron chi connectivity index (χ1n) is 9.00. The third-order valence-electron chi connectivity index (χ3n) is 5.12. The van der Waals surface area contributed by atoms with Gasteiger partial charge in [-0.05, 0) is 43.7 Å². The fraction of sp³-hybridized carbons (Fsp3) is 0.556. The number of fused-ring (bicyclic) bond motifs is 1. The van der Waals surface area contributed by atoms with Crippen molar-refractivity contribution in [3.63, 3.8) is 0 Å². The molecule has 140 valence electrons. The van der Waals surface area contributed by atoms with Crippen molar-refractivity contribution in [2.45, 2.75) is 37.8 Å². The van der Waals surface area contributed by atoms with Crippen LogP contribution in [0.2, 0.25) is 0 Å². The van der Waals surface area contributed by atoms with Crippen molar-refractivity contribution >= 4 is 17.7 Å². The van der Waals surface area contributed by atoms with Crippen molar-refractivity contribution in [3.05, 3.63) is 18.2 Å². The minimum Gasteiger partial charge on any atom is -0.480 e. The topological polar surface area (TPSA) is 100 Å². The fourth-order valence-corrected chi connectivity index (χ4v) is 3.48. The number of carbonyl (C=O) groups excluding carboxylic acids is 1. The Morgan fingerprint density at radius 2 is 1.96 bits per heavy atom. The van der Waals surface area contributed by atoms with Crippen molar-refractivity contribution in [2.24, 2.45) is 5.92 Å². The van der Waals surface area contributed by atoms with Crippen molar-refractivity contribution in [2.75, 3.05) is 25.2 Å². The molecule has 0 atom stereocenters. The highest BCUT2D eigenvalue weighted by Crippen LogP contribution is 2.35. The van der Waals surface area contributed by atoms with E-state index in [0.29, 0.717) is 23.1 Å². The Morgan fingerprint density at radius 3 is 2.69 bits per heavy atom. The summed E-state index contributed by atoms with van der Waals surface area (Å²) in [4.78, 5) is 25.3. The number of ether oxygens (including phenoxy) is 2. The number of anilines is 1. The lowest BCUT2D eigenvalue weighted by molar-refractivity contribution is -0.139. The van der Waals surface area contributed by atoms with Gasteiger partial charge in [0, 0.05) is 30.4 Å². The Morgan fingerprint density at radius 1 is 1.19 bits per heavy atom. The summed E-state index contributed by atoms with van der Waals surface area (Å²) in [7, 11) is 0. The lowest BCUT2D eigenvalue weighted by Gasteiger charge is -2.42. The molecule has 1 aliphatic heterocycles. The third-order valence-corrected chi connectivity index (χ3v) is 5.12. The Bertz CT molecular complexity index is 700. The van der Waals surface area contributed by atoms with Gasteiger partial charge in [-0.1, -0.05) is 0 Å². The van der Waals surface area contributed by atoms with Crippen molar-refractivity contribution in [3.8, 4) is 11.5 Å². The summed E-state index contributed by atoms with van der Waals surface area (Å²) in [6.45, 7) is 1.13.